The van der Waals surface area contributed by atoms with Crippen LogP contribution in [0.2, 0.25) is 0 Å². The van der Waals surface area contributed by atoms with Crippen molar-refractivity contribution in [1.29, 1.82) is 0 Å². The summed E-state index contributed by atoms with van der Waals surface area (Å²) in [6.07, 6.45) is 1.40. The third-order valence-corrected chi connectivity index (χ3v) is 3.38. The molecular formula is C13H5BrF2O2. The van der Waals surface area contributed by atoms with Gasteiger partial charge in [0.25, 0.3) is 0 Å². The first-order valence-corrected chi connectivity index (χ1v) is 5.85. The standard InChI is InChI=1S/C13H5BrF2O2/c14-10-2-6(17)1-7-8-3-11(15)12(16)4-13(8)18-5-9(7)10/h1-5H. The summed E-state index contributed by atoms with van der Waals surface area (Å²) in [6.45, 7) is 0. The lowest BCUT2D eigenvalue weighted by atomic mass is 10.0. The molecule has 0 unspecified atom stereocenters. The first kappa shape index (κ1) is 11.3. The second-order valence-corrected chi connectivity index (χ2v) is 4.72. The second kappa shape index (κ2) is 3.88. The number of fused-ring (bicyclic) bond motifs is 3. The SMILES string of the molecule is O=c1cc(Br)c2coc3cc(F)c(F)cc3c-2c1. The number of rotatable bonds is 0. The molecule has 1 aromatic carbocycles. The van der Waals surface area contributed by atoms with E-state index in [1.54, 1.807) is 0 Å². The molecule has 0 bridgehead atoms. The van der Waals surface area contributed by atoms with Gasteiger partial charge in [-0.25, -0.2) is 8.78 Å². The van der Waals surface area contributed by atoms with Gasteiger partial charge in [-0.15, -0.1) is 0 Å². The third kappa shape index (κ3) is 1.62. The molecule has 0 atom stereocenters. The molecule has 90 valence electrons. The molecular weight excluding hydrogens is 306 g/mol. The monoisotopic (exact) mass is 310 g/mol. The van der Waals surface area contributed by atoms with Crippen molar-refractivity contribution in [2.24, 2.45) is 0 Å². The third-order valence-electron chi connectivity index (χ3n) is 2.72. The van der Waals surface area contributed by atoms with Crippen LogP contribution in [0.15, 0.2) is 44.2 Å². The Morgan fingerprint density at radius 2 is 1.72 bits per heavy atom. The fourth-order valence-corrected chi connectivity index (χ4v) is 2.43. The van der Waals surface area contributed by atoms with E-state index < -0.39 is 11.6 Å². The Bertz CT molecular complexity index is 795. The zero-order chi connectivity index (χ0) is 12.9. The smallest absolute Gasteiger partial charge is 0.180 e. The van der Waals surface area contributed by atoms with Crippen molar-refractivity contribution in [1.82, 2.24) is 0 Å². The van der Waals surface area contributed by atoms with Crippen LogP contribution in [0.5, 0.6) is 0 Å². The summed E-state index contributed by atoms with van der Waals surface area (Å²) in [5, 5.41) is 0.366. The molecule has 1 heterocycles. The van der Waals surface area contributed by atoms with Crippen molar-refractivity contribution in [3.8, 4) is 11.1 Å². The summed E-state index contributed by atoms with van der Waals surface area (Å²) < 4.78 is 32.2. The highest BCUT2D eigenvalue weighted by Gasteiger charge is 2.15. The van der Waals surface area contributed by atoms with Crippen molar-refractivity contribution >= 4 is 26.9 Å². The van der Waals surface area contributed by atoms with Crippen LogP contribution in [-0.4, -0.2) is 0 Å². The van der Waals surface area contributed by atoms with Crippen molar-refractivity contribution in [2.75, 3.05) is 0 Å². The van der Waals surface area contributed by atoms with Gasteiger partial charge in [-0.2, -0.15) is 0 Å². The lowest BCUT2D eigenvalue weighted by Crippen LogP contribution is -2.00. The molecule has 18 heavy (non-hydrogen) atoms. The lowest BCUT2D eigenvalue weighted by Gasteiger charge is -2.10. The zero-order valence-electron chi connectivity index (χ0n) is 8.84. The number of benzene rings is 2. The maximum atomic E-state index is 13.3. The molecule has 0 amide bonds. The Hall–Kier alpha value is -1.75. The molecule has 0 N–H and O–H groups in total. The van der Waals surface area contributed by atoms with Gasteiger partial charge in [-0.1, -0.05) is 0 Å². The van der Waals surface area contributed by atoms with Crippen molar-refractivity contribution in [3.63, 3.8) is 0 Å². The fraction of sp³-hybridized carbons (Fsp3) is 0. The van der Waals surface area contributed by atoms with Crippen molar-refractivity contribution in [2.45, 2.75) is 0 Å². The van der Waals surface area contributed by atoms with Gasteiger partial charge in [0, 0.05) is 33.1 Å². The largest absolute Gasteiger partial charge is 0.464 e. The second-order valence-electron chi connectivity index (χ2n) is 3.86. The molecule has 1 aliphatic heterocycles. The van der Waals surface area contributed by atoms with Crippen LogP contribution in [0.1, 0.15) is 0 Å². The van der Waals surface area contributed by atoms with E-state index in [-0.39, 0.29) is 11.0 Å². The van der Waals surface area contributed by atoms with E-state index in [9.17, 15) is 13.6 Å². The zero-order valence-corrected chi connectivity index (χ0v) is 10.4. The van der Waals surface area contributed by atoms with Crippen LogP contribution < -0.4 is 5.43 Å². The Balaban J connectivity index is 2.55. The van der Waals surface area contributed by atoms with E-state index in [1.807, 2.05) is 0 Å². The summed E-state index contributed by atoms with van der Waals surface area (Å²) in [4.78, 5) is 11.5. The minimum absolute atomic E-state index is 0.193. The van der Waals surface area contributed by atoms with Crippen LogP contribution >= 0.6 is 15.9 Å². The first-order chi connectivity index (χ1) is 8.56. The van der Waals surface area contributed by atoms with E-state index in [0.29, 0.717) is 21.0 Å². The van der Waals surface area contributed by atoms with Gasteiger partial charge in [0.05, 0.1) is 0 Å². The molecule has 0 saturated heterocycles. The van der Waals surface area contributed by atoms with E-state index in [0.717, 1.165) is 12.1 Å². The minimum atomic E-state index is -0.983. The molecule has 0 aromatic heterocycles. The Morgan fingerprint density at radius 1 is 1.00 bits per heavy atom. The summed E-state index contributed by atoms with van der Waals surface area (Å²) in [6, 6.07) is 4.76. The maximum absolute atomic E-state index is 13.3. The van der Waals surface area contributed by atoms with Gasteiger partial charge >= 0.3 is 0 Å². The predicted molar refractivity (Wildman–Crippen MR) is 66.7 cm³/mol. The number of halogens is 3. The fourth-order valence-electron chi connectivity index (χ4n) is 1.89. The van der Waals surface area contributed by atoms with Gasteiger partial charge in [-0.3, -0.25) is 4.79 Å². The molecule has 2 nitrogen and oxygen atoms in total. The Morgan fingerprint density at radius 3 is 2.50 bits per heavy atom. The van der Waals surface area contributed by atoms with Gasteiger partial charge in [-0.05, 0) is 28.1 Å². The summed E-state index contributed by atoms with van der Waals surface area (Å²) in [5.41, 5.74) is 1.13. The van der Waals surface area contributed by atoms with Crippen LogP contribution in [0, 0.1) is 11.6 Å². The molecule has 0 spiro atoms. The van der Waals surface area contributed by atoms with Crippen LogP contribution in [0.25, 0.3) is 22.1 Å². The van der Waals surface area contributed by atoms with Crippen LogP contribution in [0.4, 0.5) is 8.78 Å². The summed E-state index contributed by atoms with van der Waals surface area (Å²) in [7, 11) is 0. The maximum Gasteiger partial charge on any atom is 0.180 e. The van der Waals surface area contributed by atoms with E-state index in [1.165, 1.54) is 18.4 Å². The topological polar surface area (TPSA) is 30.2 Å². The highest BCUT2D eigenvalue weighted by Crippen LogP contribution is 2.35. The average Bonchev–Trinajstić information content (AvgIpc) is 2.30. The van der Waals surface area contributed by atoms with Gasteiger partial charge in [0.15, 0.2) is 17.1 Å². The lowest BCUT2D eigenvalue weighted by molar-refractivity contribution is 0.506. The van der Waals surface area contributed by atoms with Crippen LogP contribution in [0.3, 0.4) is 0 Å². The van der Waals surface area contributed by atoms with E-state index in [2.05, 4.69) is 15.9 Å². The van der Waals surface area contributed by atoms with Gasteiger partial charge in [0.2, 0.25) is 0 Å². The van der Waals surface area contributed by atoms with Crippen molar-refractivity contribution in [3.05, 3.63) is 56.9 Å². The molecule has 5 heteroatoms. The highest BCUT2D eigenvalue weighted by atomic mass is 79.9. The highest BCUT2D eigenvalue weighted by molar-refractivity contribution is 9.10. The van der Waals surface area contributed by atoms with Crippen molar-refractivity contribution < 1.29 is 13.2 Å². The van der Waals surface area contributed by atoms with Crippen LogP contribution in [-0.2, 0) is 0 Å². The Labute approximate surface area is 108 Å². The minimum Gasteiger partial charge on any atom is -0.464 e. The van der Waals surface area contributed by atoms with Gasteiger partial charge in [0.1, 0.15) is 11.8 Å². The number of hydrogen-bond acceptors (Lipinski definition) is 2. The molecule has 2 aliphatic rings. The average molecular weight is 311 g/mol. The molecule has 1 aromatic rings. The van der Waals surface area contributed by atoms with Gasteiger partial charge < -0.3 is 4.42 Å². The quantitative estimate of drug-likeness (QED) is 0.589. The molecule has 3 rings (SSSR count). The summed E-state index contributed by atoms with van der Waals surface area (Å²) in [5.74, 6) is -1.96. The summed E-state index contributed by atoms with van der Waals surface area (Å²) >= 11 is 3.24. The Kier molecular flexibility index (Phi) is 2.45. The molecule has 0 fully saturated rings. The van der Waals surface area contributed by atoms with E-state index in [4.69, 9.17) is 4.42 Å². The first-order valence-electron chi connectivity index (χ1n) is 5.06. The molecule has 1 aliphatic carbocycles. The molecule has 0 radical (unpaired) electrons. The predicted octanol–water partition coefficient (Wildman–Crippen LogP) is 3.94. The normalized spacial score (nSPS) is 11.3. The molecule has 0 saturated carbocycles. The van der Waals surface area contributed by atoms with E-state index >= 15 is 0 Å². The number of hydrogen-bond donors (Lipinski definition) is 0.